The molecule has 2 aromatic heterocycles. The van der Waals surface area contributed by atoms with Gasteiger partial charge in [-0.2, -0.15) is 0 Å². The van der Waals surface area contributed by atoms with E-state index in [1.165, 1.54) is 38.3 Å². The summed E-state index contributed by atoms with van der Waals surface area (Å²) in [6, 6.07) is 34.9. The molecule has 0 spiro atoms. The minimum Gasteiger partial charge on any atom is -0.308 e. The molecular weight excluding hydrogens is 496 g/mol. The molecule has 7 aromatic rings. The molecule has 7 rings (SSSR count). The van der Waals surface area contributed by atoms with Crippen molar-refractivity contribution < 1.29 is 0 Å². The molecule has 2 nitrogen and oxygen atoms in total. The van der Waals surface area contributed by atoms with Gasteiger partial charge in [-0.05, 0) is 91.7 Å². The molecule has 0 N–H and O–H groups in total. The van der Waals surface area contributed by atoms with Crippen LogP contribution in [0.25, 0.3) is 49.4 Å². The highest BCUT2D eigenvalue weighted by Gasteiger charge is 2.16. The van der Waals surface area contributed by atoms with Crippen LogP contribution in [-0.2, 0) is 0 Å². The molecule has 0 saturated carbocycles. The SMILES string of the molecule is Cc1ccc2c(c1)c1cc(C)ccc1n2-c1cccc(C)c1C#Cc1c(C)cccc1-c1cccc2ccncc12. The second-order valence-corrected chi connectivity index (χ2v) is 11.0. The van der Waals surface area contributed by atoms with Gasteiger partial charge in [-0.15, -0.1) is 0 Å². The van der Waals surface area contributed by atoms with Crippen LogP contribution in [0, 0.1) is 39.5 Å². The first kappa shape index (κ1) is 24.9. The Morgan fingerprint density at radius 1 is 0.561 bits per heavy atom. The van der Waals surface area contributed by atoms with Gasteiger partial charge in [0, 0.05) is 34.1 Å². The van der Waals surface area contributed by atoms with Crippen LogP contribution in [0.5, 0.6) is 0 Å². The Hall–Kier alpha value is -5.13. The molecule has 196 valence electrons. The van der Waals surface area contributed by atoms with E-state index in [2.05, 4.69) is 146 Å². The lowest BCUT2D eigenvalue weighted by Gasteiger charge is -2.13. The minimum atomic E-state index is 1.04. The minimum absolute atomic E-state index is 1.04. The van der Waals surface area contributed by atoms with Crippen molar-refractivity contribution in [1.29, 1.82) is 0 Å². The molecule has 0 unspecified atom stereocenters. The number of aromatic nitrogens is 2. The third kappa shape index (κ3) is 4.19. The summed E-state index contributed by atoms with van der Waals surface area (Å²) in [4.78, 5) is 4.42. The van der Waals surface area contributed by atoms with Gasteiger partial charge in [-0.1, -0.05) is 83.6 Å². The van der Waals surface area contributed by atoms with Gasteiger partial charge in [-0.3, -0.25) is 4.98 Å². The van der Waals surface area contributed by atoms with E-state index >= 15 is 0 Å². The smallest absolute Gasteiger partial charge is 0.0621 e. The van der Waals surface area contributed by atoms with Crippen molar-refractivity contribution in [2.24, 2.45) is 0 Å². The number of rotatable bonds is 2. The summed E-state index contributed by atoms with van der Waals surface area (Å²) in [6.07, 6.45) is 3.80. The third-order valence-corrected chi connectivity index (χ3v) is 8.13. The summed E-state index contributed by atoms with van der Waals surface area (Å²) in [6.45, 7) is 8.62. The highest BCUT2D eigenvalue weighted by Crippen LogP contribution is 2.35. The van der Waals surface area contributed by atoms with Crippen LogP contribution < -0.4 is 0 Å². The molecule has 0 saturated heterocycles. The molecule has 0 aliphatic rings. The van der Waals surface area contributed by atoms with Crippen LogP contribution in [0.2, 0.25) is 0 Å². The van der Waals surface area contributed by atoms with E-state index in [9.17, 15) is 0 Å². The zero-order chi connectivity index (χ0) is 28.1. The number of pyridine rings is 1. The van der Waals surface area contributed by atoms with Crippen LogP contribution in [0.3, 0.4) is 0 Å². The second kappa shape index (κ2) is 9.81. The van der Waals surface area contributed by atoms with Crippen molar-refractivity contribution in [1.82, 2.24) is 9.55 Å². The molecule has 5 aromatic carbocycles. The molecule has 41 heavy (non-hydrogen) atoms. The lowest BCUT2D eigenvalue weighted by atomic mass is 9.93. The lowest BCUT2D eigenvalue weighted by Crippen LogP contribution is -1.99. The number of hydrogen-bond donors (Lipinski definition) is 0. The van der Waals surface area contributed by atoms with Crippen molar-refractivity contribution in [3.63, 3.8) is 0 Å². The van der Waals surface area contributed by atoms with E-state index < -0.39 is 0 Å². The monoisotopic (exact) mass is 526 g/mol. The van der Waals surface area contributed by atoms with Gasteiger partial charge in [0.25, 0.3) is 0 Å². The predicted molar refractivity (Wildman–Crippen MR) is 173 cm³/mol. The highest BCUT2D eigenvalue weighted by atomic mass is 15.0. The maximum Gasteiger partial charge on any atom is 0.0621 e. The molecule has 0 aliphatic heterocycles. The number of aryl methyl sites for hydroxylation is 4. The average Bonchev–Trinajstić information content (AvgIpc) is 3.29. The first-order valence-electron chi connectivity index (χ1n) is 14.1. The first-order valence-corrected chi connectivity index (χ1v) is 14.1. The normalized spacial score (nSPS) is 11.2. The van der Waals surface area contributed by atoms with Gasteiger partial charge >= 0.3 is 0 Å². The zero-order valence-electron chi connectivity index (χ0n) is 23.8. The van der Waals surface area contributed by atoms with Crippen molar-refractivity contribution >= 4 is 32.6 Å². The Labute approximate surface area is 240 Å². The van der Waals surface area contributed by atoms with Crippen LogP contribution in [-0.4, -0.2) is 9.55 Å². The van der Waals surface area contributed by atoms with Gasteiger partial charge in [0.1, 0.15) is 0 Å². The average molecular weight is 527 g/mol. The fourth-order valence-corrected chi connectivity index (χ4v) is 6.04. The quantitative estimate of drug-likeness (QED) is 0.205. The van der Waals surface area contributed by atoms with Crippen molar-refractivity contribution in [2.45, 2.75) is 27.7 Å². The predicted octanol–water partition coefficient (Wildman–Crippen LogP) is 9.63. The molecule has 0 bridgehead atoms. The van der Waals surface area contributed by atoms with Crippen LogP contribution in [0.4, 0.5) is 0 Å². The second-order valence-electron chi connectivity index (χ2n) is 11.0. The molecule has 0 radical (unpaired) electrons. The number of hydrogen-bond acceptors (Lipinski definition) is 1. The Morgan fingerprint density at radius 2 is 1.17 bits per heavy atom. The summed E-state index contributed by atoms with van der Waals surface area (Å²) < 4.78 is 2.38. The Balaban J connectivity index is 1.47. The van der Waals surface area contributed by atoms with Crippen LogP contribution in [0.1, 0.15) is 33.4 Å². The topological polar surface area (TPSA) is 17.8 Å². The largest absolute Gasteiger partial charge is 0.308 e. The fourth-order valence-electron chi connectivity index (χ4n) is 6.04. The summed E-state index contributed by atoms with van der Waals surface area (Å²) in [5.41, 5.74) is 12.7. The Kier molecular flexibility index (Phi) is 5.95. The molecule has 2 heteroatoms. The summed E-state index contributed by atoms with van der Waals surface area (Å²) in [5, 5.41) is 4.86. The third-order valence-electron chi connectivity index (χ3n) is 8.13. The maximum atomic E-state index is 4.42. The summed E-state index contributed by atoms with van der Waals surface area (Å²) >= 11 is 0. The van der Waals surface area contributed by atoms with E-state index in [1.54, 1.807) is 0 Å². The number of fused-ring (bicyclic) bond motifs is 4. The first-order chi connectivity index (χ1) is 20.0. The zero-order valence-corrected chi connectivity index (χ0v) is 23.8. The lowest BCUT2D eigenvalue weighted by molar-refractivity contribution is 1.16. The van der Waals surface area contributed by atoms with E-state index in [1.807, 2.05) is 12.4 Å². The molecular formula is C39H30N2. The van der Waals surface area contributed by atoms with E-state index in [0.29, 0.717) is 0 Å². The Morgan fingerprint density at radius 3 is 1.90 bits per heavy atom. The molecule has 0 fully saturated rings. The van der Waals surface area contributed by atoms with Gasteiger partial charge in [0.2, 0.25) is 0 Å². The maximum absolute atomic E-state index is 4.42. The van der Waals surface area contributed by atoms with Gasteiger partial charge in [-0.25, -0.2) is 0 Å². The van der Waals surface area contributed by atoms with E-state index in [4.69, 9.17) is 0 Å². The van der Waals surface area contributed by atoms with E-state index in [-0.39, 0.29) is 0 Å². The molecule has 2 heterocycles. The standard InChI is InChI=1S/C39H30N2/c1-25-14-18-38-34(22-25)35-23-26(2)15-19-39(35)41(38)37-13-6-9-28(4)31(37)17-16-30-27(3)8-5-11-32(30)33-12-7-10-29-20-21-40-24-36(29)33/h5-15,18-24H,1-4H3. The summed E-state index contributed by atoms with van der Waals surface area (Å²) in [7, 11) is 0. The highest BCUT2D eigenvalue weighted by molar-refractivity contribution is 6.10. The van der Waals surface area contributed by atoms with E-state index in [0.717, 1.165) is 44.5 Å². The van der Waals surface area contributed by atoms with Gasteiger partial charge in [0.05, 0.1) is 22.3 Å². The van der Waals surface area contributed by atoms with Crippen molar-refractivity contribution in [3.05, 3.63) is 143 Å². The van der Waals surface area contributed by atoms with Crippen molar-refractivity contribution in [3.8, 4) is 28.7 Å². The fraction of sp³-hybridized carbons (Fsp3) is 0.103. The van der Waals surface area contributed by atoms with Crippen LogP contribution in [0.15, 0.2) is 109 Å². The summed E-state index contributed by atoms with van der Waals surface area (Å²) in [5.74, 6) is 7.29. The number of benzene rings is 5. The molecule has 0 atom stereocenters. The Bertz CT molecular complexity index is 2140. The molecule has 0 amide bonds. The van der Waals surface area contributed by atoms with Crippen molar-refractivity contribution in [2.75, 3.05) is 0 Å². The van der Waals surface area contributed by atoms with Gasteiger partial charge < -0.3 is 4.57 Å². The number of nitrogens with zero attached hydrogens (tertiary/aromatic N) is 2. The van der Waals surface area contributed by atoms with Crippen LogP contribution >= 0.6 is 0 Å². The van der Waals surface area contributed by atoms with Gasteiger partial charge in [0.15, 0.2) is 0 Å². The molecule has 0 aliphatic carbocycles.